The normalized spacial score (nSPS) is 38.0. The van der Waals surface area contributed by atoms with Crippen LogP contribution in [0.4, 0.5) is 0 Å². The number of hydrogen-bond donors (Lipinski definition) is 2. The van der Waals surface area contributed by atoms with Gasteiger partial charge in [0, 0.05) is 48.3 Å². The first-order valence-corrected chi connectivity index (χ1v) is 16.9. The Kier molecular flexibility index (Phi) is 9.67. The first kappa shape index (κ1) is 34.7. The van der Waals surface area contributed by atoms with Crippen molar-refractivity contribution in [2.24, 2.45) is 35.3 Å². The molecule has 49 heavy (non-hydrogen) atoms. The first-order chi connectivity index (χ1) is 23.3. The van der Waals surface area contributed by atoms with Gasteiger partial charge in [0.15, 0.2) is 18.5 Å². The number of nitrogens with two attached hydrogens (primary N) is 1. The van der Waals surface area contributed by atoms with Crippen LogP contribution in [0.25, 0.3) is 0 Å². The third-order valence-electron chi connectivity index (χ3n) is 10.9. The number of nitrogens with zero attached hydrogens (tertiary/aromatic N) is 1. The number of aliphatic hydroxyl groups excluding tert-OH is 1. The minimum absolute atomic E-state index is 0.193. The molecule has 12 nitrogen and oxygen atoms in total. The van der Waals surface area contributed by atoms with E-state index in [1.807, 2.05) is 51.2 Å². The molecule has 12 heteroatoms. The Morgan fingerprint density at radius 3 is 2.69 bits per heavy atom. The van der Waals surface area contributed by atoms with Crippen LogP contribution in [0, 0.1) is 29.6 Å². The third-order valence-corrected chi connectivity index (χ3v) is 10.9. The molecule has 0 radical (unpaired) electrons. The molecule has 1 aromatic heterocycles. The molecule has 3 aliphatic carbocycles. The number of allylic oxidation sites excluding steroid dienone is 3. The number of aliphatic hydroxyl groups is 1. The number of primary amides is 1. The lowest BCUT2D eigenvalue weighted by molar-refractivity contribution is -0.686. The van der Waals surface area contributed by atoms with Crippen LogP contribution in [-0.2, 0) is 44.6 Å². The standard InChI is InChI=1S/C37H44N2O10/c1-19-15-20(2)37-25(12-13-26-29(37)30(41)21(3)32(33(26)49-37)48-35(43)23-9-6-7-10-23)16-27(45-5)36(44)47-31(19)22(4)46-28(40)18-39-14-8-11-24(17-39)34(38)42/h6-9,11-15,17,19,21-22,25-27,29-33,41H,10,16,18H2,1-5H3,(H-,38,42)/p+1/b20-15+/t19-,21-,22-,25-,26-,27+,29+,30-,31+,32-,33-,37+/m1/s1. The van der Waals surface area contributed by atoms with Gasteiger partial charge >= 0.3 is 17.9 Å². The molecule has 2 fully saturated rings. The Hall–Kier alpha value is -4.13. The molecule has 0 aromatic carbocycles. The van der Waals surface area contributed by atoms with Gasteiger partial charge in [0.05, 0.1) is 6.10 Å². The average molecular weight is 678 g/mol. The van der Waals surface area contributed by atoms with E-state index in [4.69, 9.17) is 29.4 Å². The second kappa shape index (κ2) is 13.6. The number of carbonyl (C=O) groups excluding carboxylic acids is 4. The maximum absolute atomic E-state index is 13.7. The maximum Gasteiger partial charge on any atom is 0.373 e. The van der Waals surface area contributed by atoms with E-state index >= 15 is 0 Å². The Morgan fingerprint density at radius 2 is 2.00 bits per heavy atom. The highest BCUT2D eigenvalue weighted by Crippen LogP contribution is 2.61. The molecular formula is C37H45N2O10+. The predicted molar refractivity (Wildman–Crippen MR) is 173 cm³/mol. The Balaban J connectivity index is 1.29. The molecule has 4 bridgehead atoms. The number of rotatable bonds is 8. The molecule has 1 spiro atoms. The van der Waals surface area contributed by atoms with Crippen molar-refractivity contribution in [3.05, 3.63) is 77.7 Å². The second-order valence-electron chi connectivity index (χ2n) is 13.9. The van der Waals surface area contributed by atoms with Crippen molar-refractivity contribution >= 4 is 23.8 Å². The maximum atomic E-state index is 13.7. The zero-order valence-electron chi connectivity index (χ0n) is 28.4. The van der Waals surface area contributed by atoms with Gasteiger partial charge in [-0.15, -0.1) is 0 Å². The average Bonchev–Trinajstić information content (AvgIpc) is 3.67. The van der Waals surface area contributed by atoms with Crippen LogP contribution >= 0.6 is 0 Å². The van der Waals surface area contributed by atoms with Gasteiger partial charge in [-0.2, -0.15) is 4.57 Å². The van der Waals surface area contributed by atoms with Gasteiger partial charge in [-0.05, 0) is 38.3 Å². The summed E-state index contributed by atoms with van der Waals surface area (Å²) in [5.41, 5.74) is 5.99. The number of esters is 3. The third kappa shape index (κ3) is 6.26. The lowest BCUT2D eigenvalue weighted by Crippen LogP contribution is -2.57. The molecule has 5 aliphatic rings. The SMILES string of the molecule is CO[C@H]1C[C@H]2C=C[C@H]3[C@H]4O[C@]2(/C(C)=C/[C@@H](C)[C@@H]([C@@H](C)OC(=O)C[n+]2cccc(C(N)=O)c2)OC1=O)[C@@H]3[C@H](O)[C@@H](C)[C@H]4OC(=O)C1=CC=CC1. The molecule has 1 amide bonds. The van der Waals surface area contributed by atoms with E-state index in [1.165, 1.54) is 17.9 Å². The fourth-order valence-electron chi connectivity index (χ4n) is 8.51. The van der Waals surface area contributed by atoms with E-state index in [0.29, 0.717) is 12.0 Å². The number of hydrogen-bond acceptors (Lipinski definition) is 10. The van der Waals surface area contributed by atoms with Gasteiger partial charge in [0.25, 0.3) is 5.91 Å². The van der Waals surface area contributed by atoms with Crippen molar-refractivity contribution < 1.29 is 52.5 Å². The van der Waals surface area contributed by atoms with Gasteiger partial charge in [0.1, 0.15) is 35.6 Å². The Labute approximate surface area is 285 Å². The van der Waals surface area contributed by atoms with Crippen LogP contribution in [0.2, 0.25) is 0 Å². The number of cyclic esters (lactones) is 1. The van der Waals surface area contributed by atoms with E-state index in [2.05, 4.69) is 0 Å². The summed E-state index contributed by atoms with van der Waals surface area (Å²) in [5, 5.41) is 11.9. The van der Waals surface area contributed by atoms with E-state index < -0.39 is 77.9 Å². The smallest absolute Gasteiger partial charge is 0.373 e. The summed E-state index contributed by atoms with van der Waals surface area (Å²) in [6.45, 7) is 7.17. The van der Waals surface area contributed by atoms with Gasteiger partial charge in [-0.1, -0.05) is 50.3 Å². The molecule has 6 rings (SSSR count). The van der Waals surface area contributed by atoms with E-state index in [0.717, 1.165) is 5.57 Å². The highest BCUT2D eigenvalue weighted by Gasteiger charge is 2.69. The van der Waals surface area contributed by atoms with E-state index in [1.54, 1.807) is 31.3 Å². The molecule has 1 aromatic rings. The minimum atomic E-state index is -1.03. The van der Waals surface area contributed by atoms with Crippen molar-refractivity contribution in [3.8, 4) is 0 Å². The fraction of sp³-hybridized carbons (Fsp3) is 0.541. The minimum Gasteiger partial charge on any atom is -0.456 e. The molecular weight excluding hydrogens is 632 g/mol. The van der Waals surface area contributed by atoms with Gasteiger partial charge in [-0.3, -0.25) is 4.79 Å². The van der Waals surface area contributed by atoms with Crippen molar-refractivity contribution in [2.75, 3.05) is 7.11 Å². The number of aromatic nitrogens is 1. The Morgan fingerprint density at radius 1 is 1.22 bits per heavy atom. The first-order valence-electron chi connectivity index (χ1n) is 16.9. The van der Waals surface area contributed by atoms with Crippen molar-refractivity contribution in [3.63, 3.8) is 0 Å². The molecule has 0 unspecified atom stereocenters. The highest BCUT2D eigenvalue weighted by atomic mass is 16.6. The van der Waals surface area contributed by atoms with E-state index in [9.17, 15) is 24.3 Å². The summed E-state index contributed by atoms with van der Waals surface area (Å²) in [6, 6.07) is 3.15. The number of ether oxygens (including phenoxy) is 5. The quantitative estimate of drug-likeness (QED) is 0.181. The molecule has 262 valence electrons. The van der Waals surface area contributed by atoms with Crippen molar-refractivity contribution in [1.29, 1.82) is 0 Å². The predicted octanol–water partition coefficient (Wildman–Crippen LogP) is 2.28. The van der Waals surface area contributed by atoms with Crippen LogP contribution in [0.5, 0.6) is 0 Å². The topological polar surface area (TPSA) is 165 Å². The van der Waals surface area contributed by atoms with E-state index in [-0.39, 0.29) is 36.3 Å². The number of amides is 1. The summed E-state index contributed by atoms with van der Waals surface area (Å²) in [5.74, 6) is -4.08. The summed E-state index contributed by atoms with van der Waals surface area (Å²) >= 11 is 0. The van der Waals surface area contributed by atoms with Crippen LogP contribution in [0.3, 0.4) is 0 Å². The number of methoxy groups -OCH3 is 1. The van der Waals surface area contributed by atoms with Crippen molar-refractivity contribution in [2.45, 2.75) is 89.3 Å². The van der Waals surface area contributed by atoms with Crippen molar-refractivity contribution in [1.82, 2.24) is 0 Å². The lowest BCUT2D eigenvalue weighted by atomic mass is 9.57. The zero-order valence-corrected chi connectivity index (χ0v) is 28.4. The molecule has 12 atom stereocenters. The van der Waals surface area contributed by atoms with Crippen LogP contribution in [0.15, 0.2) is 72.1 Å². The summed E-state index contributed by atoms with van der Waals surface area (Å²) in [6.07, 6.45) is 10.4. The largest absolute Gasteiger partial charge is 0.456 e. The van der Waals surface area contributed by atoms with Gasteiger partial charge in [-0.25, -0.2) is 14.4 Å². The van der Waals surface area contributed by atoms with Crippen LogP contribution in [-0.4, -0.2) is 78.3 Å². The molecule has 1 saturated carbocycles. The zero-order chi connectivity index (χ0) is 35.2. The summed E-state index contributed by atoms with van der Waals surface area (Å²) < 4.78 is 32.1. The molecule has 3 heterocycles. The molecule has 2 aliphatic heterocycles. The molecule has 3 N–H and O–H groups in total. The summed E-state index contributed by atoms with van der Waals surface area (Å²) in [7, 11) is 1.44. The highest BCUT2D eigenvalue weighted by molar-refractivity contribution is 5.92. The van der Waals surface area contributed by atoms with Crippen LogP contribution in [0.1, 0.15) is 50.9 Å². The van der Waals surface area contributed by atoms with Crippen LogP contribution < -0.4 is 10.3 Å². The Bertz CT molecular complexity index is 1630. The lowest BCUT2D eigenvalue weighted by Gasteiger charge is -2.49. The fourth-order valence-corrected chi connectivity index (χ4v) is 8.51. The molecule has 1 saturated heterocycles. The second-order valence-corrected chi connectivity index (χ2v) is 13.9. The number of pyridine rings is 1. The monoisotopic (exact) mass is 677 g/mol. The van der Waals surface area contributed by atoms with Gasteiger partial charge < -0.3 is 34.5 Å². The number of carbonyl (C=O) groups is 4. The van der Waals surface area contributed by atoms with Gasteiger partial charge in [0.2, 0.25) is 6.54 Å². The summed E-state index contributed by atoms with van der Waals surface area (Å²) in [4.78, 5) is 51.4.